The molecule has 0 unspecified atom stereocenters. The van der Waals surface area contributed by atoms with Crippen molar-refractivity contribution >= 4 is 39.1 Å². The Morgan fingerprint density at radius 1 is 1.35 bits per heavy atom. The molecular formula is C14H11BrClFN2O. The molecule has 0 saturated carbocycles. The number of halogens is 3. The molecule has 0 heterocycles. The summed E-state index contributed by atoms with van der Waals surface area (Å²) in [4.78, 5) is 11.1. The van der Waals surface area contributed by atoms with Crippen LogP contribution in [-0.4, -0.2) is 5.91 Å². The van der Waals surface area contributed by atoms with Crippen molar-refractivity contribution in [2.75, 3.05) is 5.32 Å². The Morgan fingerprint density at radius 3 is 2.80 bits per heavy atom. The van der Waals surface area contributed by atoms with Crippen LogP contribution in [0.4, 0.5) is 10.1 Å². The van der Waals surface area contributed by atoms with Gasteiger partial charge in [0.25, 0.3) is 0 Å². The number of anilines is 1. The monoisotopic (exact) mass is 356 g/mol. The minimum Gasteiger partial charge on any atom is -0.380 e. The molecule has 104 valence electrons. The van der Waals surface area contributed by atoms with Crippen molar-refractivity contribution in [3.05, 3.63) is 62.8 Å². The topological polar surface area (TPSA) is 55.1 Å². The number of amides is 1. The van der Waals surface area contributed by atoms with Gasteiger partial charge in [0, 0.05) is 17.7 Å². The predicted octanol–water partition coefficient (Wildman–Crippen LogP) is 3.95. The van der Waals surface area contributed by atoms with Crippen molar-refractivity contribution in [3.8, 4) is 0 Å². The maximum absolute atomic E-state index is 13.7. The molecule has 3 nitrogen and oxygen atoms in total. The van der Waals surface area contributed by atoms with Crippen LogP contribution in [0.25, 0.3) is 0 Å². The van der Waals surface area contributed by atoms with E-state index in [1.54, 1.807) is 12.1 Å². The second kappa shape index (κ2) is 6.24. The molecule has 0 fully saturated rings. The molecule has 0 spiro atoms. The quantitative estimate of drug-likeness (QED) is 0.870. The lowest BCUT2D eigenvalue weighted by molar-refractivity contribution is 0.1000. The number of hydrogen-bond acceptors (Lipinski definition) is 2. The Bertz CT molecular complexity index is 664. The number of hydrogen-bond donors (Lipinski definition) is 2. The Hall–Kier alpha value is -1.59. The average Bonchev–Trinajstić information content (AvgIpc) is 2.41. The lowest BCUT2D eigenvalue weighted by Gasteiger charge is -2.11. The smallest absolute Gasteiger partial charge is 0.248 e. The first-order chi connectivity index (χ1) is 9.49. The third-order valence-corrected chi connectivity index (χ3v) is 4.15. The number of benzene rings is 2. The Kier molecular flexibility index (Phi) is 4.62. The minimum absolute atomic E-state index is 0.214. The van der Waals surface area contributed by atoms with Crippen LogP contribution >= 0.6 is 27.5 Å². The van der Waals surface area contributed by atoms with E-state index in [2.05, 4.69) is 21.2 Å². The Labute approximate surface area is 129 Å². The van der Waals surface area contributed by atoms with Crippen LogP contribution in [0.1, 0.15) is 15.9 Å². The van der Waals surface area contributed by atoms with Crippen molar-refractivity contribution in [3.63, 3.8) is 0 Å². The highest BCUT2D eigenvalue weighted by molar-refractivity contribution is 9.10. The van der Waals surface area contributed by atoms with Crippen molar-refractivity contribution in [2.45, 2.75) is 6.54 Å². The molecule has 0 aliphatic heterocycles. The number of nitrogens with one attached hydrogen (secondary N) is 1. The maximum Gasteiger partial charge on any atom is 0.248 e. The number of primary amides is 1. The largest absolute Gasteiger partial charge is 0.380 e. The second-order valence-electron chi connectivity index (χ2n) is 4.13. The van der Waals surface area contributed by atoms with Gasteiger partial charge in [-0.15, -0.1) is 0 Å². The number of carbonyl (C=O) groups excluding carboxylic acids is 1. The van der Waals surface area contributed by atoms with Crippen LogP contribution in [-0.2, 0) is 6.54 Å². The van der Waals surface area contributed by atoms with Crippen LogP contribution in [0.15, 0.2) is 40.9 Å². The molecule has 0 saturated heterocycles. The fraction of sp³-hybridized carbons (Fsp3) is 0.0714. The van der Waals surface area contributed by atoms with E-state index in [1.165, 1.54) is 18.2 Å². The second-order valence-corrected chi connectivity index (χ2v) is 5.33. The first kappa shape index (κ1) is 14.8. The molecule has 0 radical (unpaired) electrons. The van der Waals surface area contributed by atoms with Gasteiger partial charge in [-0.25, -0.2) is 4.39 Å². The van der Waals surface area contributed by atoms with Gasteiger partial charge in [0.05, 0.1) is 15.2 Å². The zero-order valence-electron chi connectivity index (χ0n) is 10.3. The van der Waals surface area contributed by atoms with Crippen molar-refractivity contribution < 1.29 is 9.18 Å². The van der Waals surface area contributed by atoms with Gasteiger partial charge in [0.15, 0.2) is 0 Å². The number of rotatable bonds is 4. The molecule has 0 aliphatic carbocycles. The van der Waals surface area contributed by atoms with Gasteiger partial charge in [0.2, 0.25) is 5.91 Å². The molecule has 0 aromatic heterocycles. The molecule has 2 aromatic rings. The summed E-state index contributed by atoms with van der Waals surface area (Å²) < 4.78 is 14.4. The fourth-order valence-corrected chi connectivity index (χ4v) is 2.27. The van der Waals surface area contributed by atoms with Gasteiger partial charge in [-0.3, -0.25) is 4.79 Å². The summed E-state index contributed by atoms with van der Waals surface area (Å²) >= 11 is 9.32. The molecule has 0 bridgehead atoms. The molecular weight excluding hydrogens is 347 g/mol. The third-order valence-electron chi connectivity index (χ3n) is 2.75. The normalized spacial score (nSPS) is 10.3. The van der Waals surface area contributed by atoms with Crippen LogP contribution in [0.5, 0.6) is 0 Å². The summed E-state index contributed by atoms with van der Waals surface area (Å²) in [5.41, 5.74) is 6.54. The molecule has 1 amide bonds. The summed E-state index contributed by atoms with van der Waals surface area (Å²) in [5.74, 6) is -0.990. The number of carbonyl (C=O) groups is 1. The highest BCUT2D eigenvalue weighted by Gasteiger charge is 2.08. The summed E-state index contributed by atoms with van der Waals surface area (Å²) in [6, 6.07) is 9.35. The fourth-order valence-electron chi connectivity index (χ4n) is 1.69. The first-order valence-corrected chi connectivity index (χ1v) is 6.92. The lowest BCUT2D eigenvalue weighted by Crippen LogP contribution is -2.12. The SMILES string of the molecule is NC(=O)c1ccc(F)c(CNc2cccc(Cl)c2Br)c1. The van der Waals surface area contributed by atoms with E-state index in [-0.39, 0.29) is 12.1 Å². The molecule has 0 aliphatic rings. The van der Waals surface area contributed by atoms with Gasteiger partial charge >= 0.3 is 0 Å². The van der Waals surface area contributed by atoms with Gasteiger partial charge in [-0.1, -0.05) is 17.7 Å². The third kappa shape index (κ3) is 3.29. The molecule has 2 rings (SSSR count). The highest BCUT2D eigenvalue weighted by atomic mass is 79.9. The van der Waals surface area contributed by atoms with E-state index in [4.69, 9.17) is 17.3 Å². The van der Waals surface area contributed by atoms with Gasteiger partial charge in [-0.2, -0.15) is 0 Å². The summed E-state index contributed by atoms with van der Waals surface area (Å²) in [5, 5.41) is 3.61. The predicted molar refractivity (Wildman–Crippen MR) is 81.4 cm³/mol. The maximum atomic E-state index is 13.7. The van der Waals surface area contributed by atoms with E-state index >= 15 is 0 Å². The van der Waals surface area contributed by atoms with Gasteiger partial charge in [0.1, 0.15) is 5.82 Å². The standard InChI is InChI=1S/C14H11BrClFN2O/c15-13-10(16)2-1-3-12(13)19-7-9-6-8(14(18)20)4-5-11(9)17/h1-6,19H,7H2,(H2,18,20). The molecule has 3 N–H and O–H groups in total. The van der Waals surface area contributed by atoms with Crippen molar-refractivity contribution in [2.24, 2.45) is 5.73 Å². The van der Waals surface area contributed by atoms with E-state index < -0.39 is 11.7 Å². The minimum atomic E-state index is -0.588. The van der Waals surface area contributed by atoms with E-state index in [1.807, 2.05) is 6.07 Å². The molecule has 0 atom stereocenters. The zero-order valence-corrected chi connectivity index (χ0v) is 12.6. The van der Waals surface area contributed by atoms with E-state index in [9.17, 15) is 9.18 Å². The highest BCUT2D eigenvalue weighted by Crippen LogP contribution is 2.30. The summed E-state index contributed by atoms with van der Waals surface area (Å²) in [7, 11) is 0. The van der Waals surface area contributed by atoms with Crippen LogP contribution in [0.2, 0.25) is 5.02 Å². The summed E-state index contributed by atoms with van der Waals surface area (Å²) in [6.45, 7) is 0.214. The molecule has 6 heteroatoms. The molecule has 2 aromatic carbocycles. The van der Waals surface area contributed by atoms with Crippen molar-refractivity contribution in [1.29, 1.82) is 0 Å². The Balaban J connectivity index is 2.20. The van der Waals surface area contributed by atoms with Gasteiger partial charge < -0.3 is 11.1 Å². The molecule has 20 heavy (non-hydrogen) atoms. The van der Waals surface area contributed by atoms with Crippen LogP contribution < -0.4 is 11.1 Å². The first-order valence-electron chi connectivity index (χ1n) is 5.75. The van der Waals surface area contributed by atoms with Crippen molar-refractivity contribution in [1.82, 2.24) is 0 Å². The van der Waals surface area contributed by atoms with E-state index in [0.29, 0.717) is 15.1 Å². The summed E-state index contributed by atoms with van der Waals surface area (Å²) in [6.07, 6.45) is 0. The number of nitrogens with two attached hydrogens (primary N) is 1. The van der Waals surface area contributed by atoms with Gasteiger partial charge in [-0.05, 0) is 46.3 Å². The average molecular weight is 358 g/mol. The van der Waals surface area contributed by atoms with Crippen LogP contribution in [0, 0.1) is 5.82 Å². The zero-order chi connectivity index (χ0) is 14.7. The Morgan fingerprint density at radius 2 is 2.10 bits per heavy atom. The van der Waals surface area contributed by atoms with Crippen LogP contribution in [0.3, 0.4) is 0 Å². The van der Waals surface area contributed by atoms with E-state index in [0.717, 1.165) is 5.69 Å². The lowest BCUT2D eigenvalue weighted by atomic mass is 10.1.